The maximum Gasteiger partial charge on any atom is 0.165 e. The molecule has 0 amide bonds. The Morgan fingerprint density at radius 2 is 2.27 bits per heavy atom. The van der Waals surface area contributed by atoms with Crippen LogP contribution < -0.4 is 10.5 Å². The maximum absolute atomic E-state index is 13.4. The number of halogens is 1. The van der Waals surface area contributed by atoms with Crippen molar-refractivity contribution in [2.45, 2.75) is 13.3 Å². The van der Waals surface area contributed by atoms with Gasteiger partial charge in [0.05, 0.1) is 0 Å². The maximum atomic E-state index is 13.4. The van der Waals surface area contributed by atoms with Crippen molar-refractivity contribution in [1.82, 2.24) is 0 Å². The molecular formula is C12H14FNO. The van der Waals surface area contributed by atoms with Crippen molar-refractivity contribution in [3.8, 4) is 17.6 Å². The van der Waals surface area contributed by atoms with Crippen molar-refractivity contribution >= 4 is 0 Å². The van der Waals surface area contributed by atoms with E-state index in [1.165, 1.54) is 6.07 Å². The first kappa shape index (κ1) is 11.5. The lowest BCUT2D eigenvalue weighted by molar-refractivity contribution is 0.348. The molecule has 0 aromatic heterocycles. The summed E-state index contributed by atoms with van der Waals surface area (Å²) in [6.45, 7) is 2.44. The van der Waals surface area contributed by atoms with E-state index in [1.54, 1.807) is 13.0 Å². The third kappa shape index (κ3) is 3.61. The first-order chi connectivity index (χ1) is 7.27. The van der Waals surface area contributed by atoms with Crippen molar-refractivity contribution in [2.24, 2.45) is 5.73 Å². The van der Waals surface area contributed by atoms with Crippen molar-refractivity contribution in [3.05, 3.63) is 29.6 Å². The van der Waals surface area contributed by atoms with Crippen LogP contribution in [0.3, 0.4) is 0 Å². The van der Waals surface area contributed by atoms with Gasteiger partial charge in [0.2, 0.25) is 0 Å². The molecule has 0 saturated carbocycles. The third-order valence-electron chi connectivity index (χ3n) is 1.91. The summed E-state index contributed by atoms with van der Waals surface area (Å²) in [6, 6.07) is 4.86. The number of hydrogen-bond donors (Lipinski definition) is 1. The van der Waals surface area contributed by atoms with E-state index in [9.17, 15) is 4.39 Å². The molecule has 1 rings (SSSR count). The monoisotopic (exact) mass is 207 g/mol. The van der Waals surface area contributed by atoms with Crippen LogP contribution in [-0.4, -0.2) is 13.2 Å². The molecule has 0 saturated heterocycles. The van der Waals surface area contributed by atoms with E-state index in [0.717, 1.165) is 5.56 Å². The quantitative estimate of drug-likeness (QED) is 0.763. The number of rotatable bonds is 4. The Morgan fingerprint density at radius 3 is 2.87 bits per heavy atom. The predicted octanol–water partition coefficient (Wildman–Crippen LogP) is 1.73. The number of nitrogens with two attached hydrogens (primary N) is 1. The standard InChI is InChI=1S/C12H14FNO/c1-2-3-8-15-12-5-4-10(6-7-14)9-11(12)13/h4-5,9H,6-8,14H2,1H3. The van der Waals surface area contributed by atoms with Crippen LogP contribution in [-0.2, 0) is 6.42 Å². The Hall–Kier alpha value is -1.53. The van der Waals surface area contributed by atoms with Crippen molar-refractivity contribution in [3.63, 3.8) is 0 Å². The smallest absolute Gasteiger partial charge is 0.165 e. The van der Waals surface area contributed by atoms with E-state index in [-0.39, 0.29) is 18.2 Å². The molecule has 3 heteroatoms. The summed E-state index contributed by atoms with van der Waals surface area (Å²) in [7, 11) is 0. The second-order valence-electron chi connectivity index (χ2n) is 3.02. The lowest BCUT2D eigenvalue weighted by Crippen LogP contribution is -2.03. The average Bonchev–Trinajstić information content (AvgIpc) is 2.22. The first-order valence-corrected chi connectivity index (χ1v) is 4.79. The summed E-state index contributed by atoms with van der Waals surface area (Å²) in [4.78, 5) is 0. The minimum atomic E-state index is -0.362. The molecule has 0 fully saturated rings. The van der Waals surface area contributed by atoms with Crippen LogP contribution in [0.15, 0.2) is 18.2 Å². The van der Waals surface area contributed by atoms with Gasteiger partial charge in [-0.15, -0.1) is 5.92 Å². The molecule has 0 heterocycles. The number of benzene rings is 1. The highest BCUT2D eigenvalue weighted by Gasteiger charge is 2.03. The molecule has 15 heavy (non-hydrogen) atoms. The second kappa shape index (κ2) is 6.05. The van der Waals surface area contributed by atoms with Crippen LogP contribution >= 0.6 is 0 Å². The van der Waals surface area contributed by atoms with Gasteiger partial charge < -0.3 is 10.5 Å². The highest BCUT2D eigenvalue weighted by molar-refractivity contribution is 5.29. The van der Waals surface area contributed by atoms with Crippen molar-refractivity contribution in [1.29, 1.82) is 0 Å². The molecule has 0 spiro atoms. The van der Waals surface area contributed by atoms with Crippen LogP contribution in [0.2, 0.25) is 0 Å². The molecule has 0 unspecified atom stereocenters. The third-order valence-corrected chi connectivity index (χ3v) is 1.91. The highest BCUT2D eigenvalue weighted by atomic mass is 19.1. The van der Waals surface area contributed by atoms with Crippen molar-refractivity contribution in [2.75, 3.05) is 13.2 Å². The van der Waals surface area contributed by atoms with Crippen LogP contribution in [0.25, 0.3) is 0 Å². The second-order valence-corrected chi connectivity index (χ2v) is 3.02. The average molecular weight is 207 g/mol. The summed E-state index contributed by atoms with van der Waals surface area (Å²) >= 11 is 0. The van der Waals surface area contributed by atoms with Crippen LogP contribution in [0.1, 0.15) is 12.5 Å². The van der Waals surface area contributed by atoms with Crippen molar-refractivity contribution < 1.29 is 9.13 Å². The van der Waals surface area contributed by atoms with Gasteiger partial charge in [-0.1, -0.05) is 12.0 Å². The largest absolute Gasteiger partial charge is 0.478 e. The predicted molar refractivity (Wildman–Crippen MR) is 58.1 cm³/mol. The fourth-order valence-electron chi connectivity index (χ4n) is 1.17. The lowest BCUT2D eigenvalue weighted by Gasteiger charge is -2.05. The number of hydrogen-bond acceptors (Lipinski definition) is 2. The van der Waals surface area contributed by atoms with Gasteiger partial charge in [0.15, 0.2) is 11.6 Å². The summed E-state index contributed by atoms with van der Waals surface area (Å²) in [5.74, 6) is 5.25. The molecule has 2 N–H and O–H groups in total. The molecule has 0 aliphatic carbocycles. The molecule has 80 valence electrons. The first-order valence-electron chi connectivity index (χ1n) is 4.79. The van der Waals surface area contributed by atoms with Crippen LogP contribution in [0.5, 0.6) is 5.75 Å². The Kier molecular flexibility index (Phi) is 4.65. The highest BCUT2D eigenvalue weighted by Crippen LogP contribution is 2.18. The van der Waals surface area contributed by atoms with E-state index in [2.05, 4.69) is 11.8 Å². The lowest BCUT2D eigenvalue weighted by atomic mass is 10.1. The summed E-state index contributed by atoms with van der Waals surface area (Å²) in [5.41, 5.74) is 6.25. The molecule has 0 bridgehead atoms. The van der Waals surface area contributed by atoms with E-state index < -0.39 is 0 Å². The molecule has 0 aliphatic heterocycles. The zero-order valence-electron chi connectivity index (χ0n) is 8.72. The summed E-state index contributed by atoms with van der Waals surface area (Å²) in [5, 5.41) is 0. The molecule has 2 nitrogen and oxygen atoms in total. The van der Waals surface area contributed by atoms with E-state index in [1.807, 2.05) is 6.07 Å². The molecular weight excluding hydrogens is 193 g/mol. The molecule has 1 aromatic rings. The van der Waals surface area contributed by atoms with Gasteiger partial charge in [-0.3, -0.25) is 0 Å². The Labute approximate surface area is 89.2 Å². The van der Waals surface area contributed by atoms with Crippen LogP contribution in [0, 0.1) is 17.7 Å². The Bertz CT molecular complexity index is 379. The molecule has 0 atom stereocenters. The molecule has 0 aliphatic rings. The van der Waals surface area contributed by atoms with Gasteiger partial charge in [-0.25, -0.2) is 4.39 Å². The van der Waals surface area contributed by atoms with E-state index in [4.69, 9.17) is 10.5 Å². The fourth-order valence-corrected chi connectivity index (χ4v) is 1.17. The van der Waals surface area contributed by atoms with E-state index in [0.29, 0.717) is 13.0 Å². The van der Waals surface area contributed by atoms with E-state index >= 15 is 0 Å². The topological polar surface area (TPSA) is 35.2 Å². The van der Waals surface area contributed by atoms with Gasteiger partial charge in [0.25, 0.3) is 0 Å². The van der Waals surface area contributed by atoms with Gasteiger partial charge in [-0.05, 0) is 37.6 Å². The molecule has 1 aromatic carbocycles. The Morgan fingerprint density at radius 1 is 1.47 bits per heavy atom. The van der Waals surface area contributed by atoms with Gasteiger partial charge >= 0.3 is 0 Å². The SMILES string of the molecule is CC#CCOc1ccc(CCN)cc1F. The van der Waals surface area contributed by atoms with Gasteiger partial charge in [0, 0.05) is 0 Å². The molecule has 0 radical (unpaired) electrons. The number of ether oxygens (including phenoxy) is 1. The van der Waals surface area contributed by atoms with Gasteiger partial charge in [0.1, 0.15) is 6.61 Å². The fraction of sp³-hybridized carbons (Fsp3) is 0.333. The minimum absolute atomic E-state index is 0.212. The zero-order valence-corrected chi connectivity index (χ0v) is 8.72. The summed E-state index contributed by atoms with van der Waals surface area (Å²) < 4.78 is 18.5. The minimum Gasteiger partial charge on any atom is -0.478 e. The zero-order chi connectivity index (χ0) is 11.1. The Balaban J connectivity index is 2.68. The van der Waals surface area contributed by atoms with Gasteiger partial charge in [-0.2, -0.15) is 0 Å². The normalized spacial score (nSPS) is 9.27. The van der Waals surface area contributed by atoms with Crippen LogP contribution in [0.4, 0.5) is 4.39 Å². The summed E-state index contributed by atoms with van der Waals surface area (Å²) in [6.07, 6.45) is 0.673.